The number of nitrogens with zero attached hydrogens (tertiary/aromatic N) is 4. The van der Waals surface area contributed by atoms with Crippen molar-refractivity contribution in [2.45, 2.75) is 37.6 Å². The Bertz CT molecular complexity index is 1630. The number of fused-ring (bicyclic) bond motifs is 1. The third-order valence-electron chi connectivity index (χ3n) is 7.56. The van der Waals surface area contributed by atoms with Crippen molar-refractivity contribution in [3.8, 4) is 11.3 Å². The van der Waals surface area contributed by atoms with E-state index in [1.807, 2.05) is 29.9 Å². The highest BCUT2D eigenvalue weighted by Gasteiger charge is 2.41. The number of hydrogen-bond donors (Lipinski definition) is 2. The second kappa shape index (κ2) is 8.88. The molecule has 5 rings (SSSR count). The molecule has 1 fully saturated rings. The zero-order valence-corrected chi connectivity index (χ0v) is 22.1. The van der Waals surface area contributed by atoms with Crippen LogP contribution in [0.25, 0.3) is 22.2 Å². The van der Waals surface area contributed by atoms with Crippen LogP contribution in [0, 0.1) is 5.92 Å². The highest BCUT2D eigenvalue weighted by molar-refractivity contribution is 7.90. The molecule has 1 atom stereocenters. The van der Waals surface area contributed by atoms with Gasteiger partial charge in [0.15, 0.2) is 0 Å². The summed E-state index contributed by atoms with van der Waals surface area (Å²) in [6, 6.07) is 14.3. The number of nitrogens with one attached hydrogen (secondary N) is 1. The number of carbonyl (C=O) groups is 1. The first-order valence-electron chi connectivity index (χ1n) is 12.1. The van der Waals surface area contributed by atoms with E-state index in [0.29, 0.717) is 24.0 Å². The molecule has 4 heterocycles. The van der Waals surface area contributed by atoms with Gasteiger partial charge in [0, 0.05) is 42.6 Å². The van der Waals surface area contributed by atoms with Crippen molar-refractivity contribution in [1.82, 2.24) is 19.3 Å². The standard InChI is InChI=1S/C27H30N6O3S/c1-17-11-15-33(27(17,2)3)25-20(26(34)31-37(35,36)23-6-5-13-29-24(23)28)9-10-21(30-25)19-8-7-18-12-14-32(4)22(18)16-19/h5-10,12-14,16-17H,11,15H2,1-4H3,(H2,28,29)(H,31,34). The van der Waals surface area contributed by atoms with Gasteiger partial charge in [0.2, 0.25) is 0 Å². The van der Waals surface area contributed by atoms with E-state index in [0.717, 1.165) is 22.9 Å². The maximum absolute atomic E-state index is 13.4. The molecule has 1 aliphatic heterocycles. The molecule has 0 saturated carbocycles. The number of nitrogens with two attached hydrogens (primary N) is 1. The molecule has 10 heteroatoms. The summed E-state index contributed by atoms with van der Waals surface area (Å²) < 4.78 is 30.2. The normalized spacial score (nSPS) is 17.3. The summed E-state index contributed by atoms with van der Waals surface area (Å²) in [6.45, 7) is 7.10. The first-order valence-corrected chi connectivity index (χ1v) is 13.6. The van der Waals surface area contributed by atoms with Crippen LogP contribution in [0.5, 0.6) is 0 Å². The lowest BCUT2D eigenvalue weighted by molar-refractivity contribution is 0.0981. The molecule has 37 heavy (non-hydrogen) atoms. The minimum absolute atomic E-state index is 0.178. The summed E-state index contributed by atoms with van der Waals surface area (Å²) in [6.07, 6.45) is 4.32. The number of carbonyl (C=O) groups excluding carboxylic acids is 1. The highest BCUT2D eigenvalue weighted by Crippen LogP contribution is 2.39. The molecule has 0 spiro atoms. The summed E-state index contributed by atoms with van der Waals surface area (Å²) in [5.41, 5.74) is 8.33. The number of aryl methyl sites for hydroxylation is 1. The molecule has 4 aromatic rings. The van der Waals surface area contributed by atoms with Crippen LogP contribution < -0.4 is 15.4 Å². The Balaban J connectivity index is 1.59. The number of anilines is 2. The maximum atomic E-state index is 13.4. The van der Waals surface area contributed by atoms with Crippen LogP contribution in [-0.2, 0) is 17.1 Å². The maximum Gasteiger partial charge on any atom is 0.268 e. The summed E-state index contributed by atoms with van der Waals surface area (Å²) in [4.78, 5) is 24.0. The topological polar surface area (TPSA) is 123 Å². The molecular weight excluding hydrogens is 488 g/mol. The summed E-state index contributed by atoms with van der Waals surface area (Å²) >= 11 is 0. The van der Waals surface area contributed by atoms with Crippen LogP contribution in [-0.4, -0.2) is 40.9 Å². The number of aromatic nitrogens is 3. The Morgan fingerprint density at radius 3 is 2.65 bits per heavy atom. The van der Waals surface area contributed by atoms with Gasteiger partial charge in [-0.2, -0.15) is 0 Å². The Hall–Kier alpha value is -3.92. The average Bonchev–Trinajstić information content (AvgIpc) is 3.36. The van der Waals surface area contributed by atoms with Crippen molar-refractivity contribution in [2.24, 2.45) is 13.0 Å². The summed E-state index contributed by atoms with van der Waals surface area (Å²) in [7, 11) is -2.25. The first kappa shape index (κ1) is 24.8. The highest BCUT2D eigenvalue weighted by atomic mass is 32.2. The van der Waals surface area contributed by atoms with Crippen molar-refractivity contribution in [1.29, 1.82) is 0 Å². The minimum Gasteiger partial charge on any atom is -0.383 e. The number of amides is 1. The smallest absolute Gasteiger partial charge is 0.268 e. The number of hydrogen-bond acceptors (Lipinski definition) is 7. The van der Waals surface area contributed by atoms with Gasteiger partial charge < -0.3 is 15.2 Å². The number of sulfonamides is 1. The van der Waals surface area contributed by atoms with Gasteiger partial charge in [-0.1, -0.05) is 19.1 Å². The van der Waals surface area contributed by atoms with E-state index in [4.69, 9.17) is 10.7 Å². The SMILES string of the molecule is CC1CCN(c2nc(-c3ccc4ccn(C)c4c3)ccc2C(=O)NS(=O)(=O)c2cccnc2N)C1(C)C. The molecule has 3 aromatic heterocycles. The zero-order chi connectivity index (χ0) is 26.5. The van der Waals surface area contributed by atoms with Crippen molar-refractivity contribution in [3.05, 3.63) is 66.5 Å². The fourth-order valence-electron chi connectivity index (χ4n) is 4.88. The fourth-order valence-corrected chi connectivity index (χ4v) is 5.93. The predicted octanol–water partition coefficient (Wildman–Crippen LogP) is 3.96. The Morgan fingerprint density at radius 2 is 1.95 bits per heavy atom. The lowest BCUT2D eigenvalue weighted by atomic mass is 9.90. The molecule has 0 aliphatic carbocycles. The van der Waals surface area contributed by atoms with E-state index in [2.05, 4.69) is 47.5 Å². The van der Waals surface area contributed by atoms with Gasteiger partial charge in [0.25, 0.3) is 15.9 Å². The molecule has 1 unspecified atom stereocenters. The van der Waals surface area contributed by atoms with E-state index in [1.54, 1.807) is 12.1 Å². The molecule has 1 amide bonds. The van der Waals surface area contributed by atoms with E-state index in [-0.39, 0.29) is 21.8 Å². The van der Waals surface area contributed by atoms with Gasteiger partial charge in [-0.3, -0.25) is 4.79 Å². The van der Waals surface area contributed by atoms with E-state index in [1.165, 1.54) is 18.3 Å². The van der Waals surface area contributed by atoms with E-state index in [9.17, 15) is 13.2 Å². The average molecular weight is 519 g/mol. The van der Waals surface area contributed by atoms with Crippen LogP contribution in [0.4, 0.5) is 11.6 Å². The van der Waals surface area contributed by atoms with Crippen molar-refractivity contribution >= 4 is 38.5 Å². The van der Waals surface area contributed by atoms with Crippen molar-refractivity contribution in [2.75, 3.05) is 17.2 Å². The Kier molecular flexibility index (Phi) is 5.94. The van der Waals surface area contributed by atoms with Crippen LogP contribution in [0.2, 0.25) is 0 Å². The number of benzene rings is 1. The quantitative estimate of drug-likeness (QED) is 0.410. The van der Waals surface area contributed by atoms with Crippen LogP contribution in [0.1, 0.15) is 37.6 Å². The number of pyridine rings is 2. The van der Waals surface area contributed by atoms with Crippen LogP contribution >= 0.6 is 0 Å². The molecule has 192 valence electrons. The summed E-state index contributed by atoms with van der Waals surface area (Å²) in [5, 5.41) is 1.12. The van der Waals surface area contributed by atoms with Gasteiger partial charge in [0.05, 0.1) is 11.3 Å². The molecular formula is C27H30N6O3S. The largest absolute Gasteiger partial charge is 0.383 e. The molecule has 3 N–H and O–H groups in total. The second-order valence-corrected chi connectivity index (χ2v) is 11.7. The van der Waals surface area contributed by atoms with Crippen LogP contribution in [0.15, 0.2) is 65.8 Å². The molecule has 0 radical (unpaired) electrons. The van der Waals surface area contributed by atoms with Gasteiger partial charge in [-0.05, 0) is 68.0 Å². The van der Waals surface area contributed by atoms with Crippen LogP contribution in [0.3, 0.4) is 0 Å². The third-order valence-corrected chi connectivity index (χ3v) is 8.94. The van der Waals surface area contributed by atoms with Crippen molar-refractivity contribution in [3.63, 3.8) is 0 Å². The van der Waals surface area contributed by atoms with Crippen molar-refractivity contribution < 1.29 is 13.2 Å². The summed E-state index contributed by atoms with van der Waals surface area (Å²) in [5.74, 6) is -0.147. The lowest BCUT2D eigenvalue weighted by Crippen LogP contribution is -2.43. The first-order chi connectivity index (χ1) is 17.5. The molecule has 1 saturated heterocycles. The monoisotopic (exact) mass is 518 g/mol. The molecule has 0 bridgehead atoms. The lowest BCUT2D eigenvalue weighted by Gasteiger charge is -2.36. The molecule has 1 aliphatic rings. The Labute approximate surface area is 216 Å². The zero-order valence-electron chi connectivity index (χ0n) is 21.3. The van der Waals surface area contributed by atoms with Gasteiger partial charge in [-0.25, -0.2) is 23.1 Å². The number of rotatable bonds is 5. The van der Waals surface area contributed by atoms with Gasteiger partial charge in [0.1, 0.15) is 16.5 Å². The van der Waals surface area contributed by atoms with Gasteiger partial charge >= 0.3 is 0 Å². The Morgan fingerprint density at radius 1 is 1.16 bits per heavy atom. The third kappa shape index (κ3) is 4.31. The molecule has 1 aromatic carbocycles. The predicted molar refractivity (Wildman–Crippen MR) is 145 cm³/mol. The fraction of sp³-hybridized carbons (Fsp3) is 0.296. The molecule has 9 nitrogen and oxygen atoms in total. The van der Waals surface area contributed by atoms with E-state index >= 15 is 0 Å². The minimum atomic E-state index is -4.24. The van der Waals surface area contributed by atoms with E-state index < -0.39 is 15.9 Å². The number of nitrogen functional groups attached to an aromatic ring is 1. The second-order valence-electron chi connectivity index (χ2n) is 10.1. The van der Waals surface area contributed by atoms with Gasteiger partial charge in [-0.15, -0.1) is 0 Å².